The number of unbranched alkanes of at least 4 members (excludes halogenated alkanes) is 10. The maximum Gasteiger partial charge on any atom is 0.159 e. The van der Waals surface area contributed by atoms with E-state index in [1.54, 1.807) is 0 Å². The largest absolute Gasteiger partial charge is 0.247 e. The van der Waals surface area contributed by atoms with Crippen LogP contribution >= 0.6 is 0 Å². The van der Waals surface area contributed by atoms with E-state index < -0.39 is 6.17 Å². The van der Waals surface area contributed by atoms with Gasteiger partial charge in [-0.3, -0.25) is 0 Å². The summed E-state index contributed by atoms with van der Waals surface area (Å²) in [5.74, 6) is 0.753. The molecule has 1 atom stereocenters. The number of aromatic nitrogens is 2. The fourth-order valence-electron chi connectivity index (χ4n) is 4.18. The molecule has 0 saturated carbocycles. The standard InChI is InChI=1S/C29H45FN2/c1-3-5-7-9-10-11-12-13-15-25-17-20-27(21-18-25)29-31-23-26(24-32-29)19-22-28(30)16-14-8-6-4-2/h17-18,20-21,23-24,28H,3-16,19,22H2,1-2H3/t28-/m0/s1. The highest BCUT2D eigenvalue weighted by Crippen LogP contribution is 2.19. The fourth-order valence-corrected chi connectivity index (χ4v) is 4.18. The lowest BCUT2D eigenvalue weighted by molar-refractivity contribution is 0.287. The highest BCUT2D eigenvalue weighted by molar-refractivity contribution is 5.55. The van der Waals surface area contributed by atoms with Crippen LogP contribution in [0, 0.1) is 0 Å². The van der Waals surface area contributed by atoms with Gasteiger partial charge < -0.3 is 0 Å². The minimum Gasteiger partial charge on any atom is -0.247 e. The molecule has 2 aromatic rings. The van der Waals surface area contributed by atoms with E-state index in [2.05, 4.69) is 48.1 Å². The zero-order valence-corrected chi connectivity index (χ0v) is 20.6. The van der Waals surface area contributed by atoms with E-state index in [9.17, 15) is 4.39 Å². The summed E-state index contributed by atoms with van der Waals surface area (Å²) in [6.45, 7) is 4.45. The quantitative estimate of drug-likeness (QED) is 0.216. The average Bonchev–Trinajstić information content (AvgIpc) is 2.83. The molecular formula is C29H45FN2. The number of nitrogens with zero attached hydrogens (tertiary/aromatic N) is 2. The van der Waals surface area contributed by atoms with Gasteiger partial charge in [0.1, 0.15) is 6.17 Å². The van der Waals surface area contributed by atoms with Crippen molar-refractivity contribution in [1.82, 2.24) is 9.97 Å². The Kier molecular flexibility index (Phi) is 13.9. The summed E-state index contributed by atoms with van der Waals surface area (Å²) in [5.41, 5.74) is 3.47. The molecule has 1 heterocycles. The maximum absolute atomic E-state index is 14.1. The van der Waals surface area contributed by atoms with E-state index in [4.69, 9.17) is 0 Å². The molecule has 1 aromatic heterocycles. The summed E-state index contributed by atoms with van der Waals surface area (Å²) < 4.78 is 14.1. The zero-order valence-electron chi connectivity index (χ0n) is 20.6. The maximum atomic E-state index is 14.1. The first-order valence-corrected chi connectivity index (χ1v) is 13.3. The van der Waals surface area contributed by atoms with Gasteiger partial charge in [0.15, 0.2) is 5.82 Å². The van der Waals surface area contributed by atoms with Gasteiger partial charge in [0.25, 0.3) is 0 Å². The summed E-state index contributed by atoms with van der Waals surface area (Å²) in [7, 11) is 0. The van der Waals surface area contributed by atoms with Crippen LogP contribution in [0.2, 0.25) is 0 Å². The molecule has 2 rings (SSSR count). The topological polar surface area (TPSA) is 25.8 Å². The van der Waals surface area contributed by atoms with Gasteiger partial charge >= 0.3 is 0 Å². The second-order valence-electron chi connectivity index (χ2n) is 9.32. The molecule has 0 N–H and O–H groups in total. The SMILES string of the molecule is CCCCCCCCCCc1ccc(-c2ncc(CC[C@@H](F)CCCCCC)cn2)cc1. The van der Waals surface area contributed by atoms with Crippen LogP contribution in [0.1, 0.15) is 115 Å². The van der Waals surface area contributed by atoms with Crippen LogP contribution in [0.4, 0.5) is 4.39 Å². The molecule has 0 radical (unpaired) electrons. The van der Waals surface area contributed by atoms with Gasteiger partial charge in [-0.15, -0.1) is 0 Å². The number of hydrogen-bond acceptors (Lipinski definition) is 2. The summed E-state index contributed by atoms with van der Waals surface area (Å²) >= 11 is 0. The molecule has 0 bridgehead atoms. The van der Waals surface area contributed by atoms with E-state index in [1.165, 1.54) is 69.8 Å². The highest BCUT2D eigenvalue weighted by Gasteiger charge is 2.08. The smallest absolute Gasteiger partial charge is 0.159 e. The molecule has 0 unspecified atom stereocenters. The monoisotopic (exact) mass is 440 g/mol. The predicted molar refractivity (Wildman–Crippen MR) is 136 cm³/mol. The van der Waals surface area contributed by atoms with Crippen LogP contribution in [0.15, 0.2) is 36.7 Å². The number of alkyl halides is 1. The minimum absolute atomic E-state index is 0.572. The predicted octanol–water partition coefficient (Wildman–Crippen LogP) is 9.07. The minimum atomic E-state index is -0.708. The van der Waals surface area contributed by atoms with Crippen LogP contribution in [0.25, 0.3) is 11.4 Å². The van der Waals surface area contributed by atoms with Crippen molar-refractivity contribution in [2.75, 3.05) is 0 Å². The Morgan fingerprint density at radius 2 is 1.19 bits per heavy atom. The Labute approximate surface area is 196 Å². The number of halogens is 1. The Bertz CT molecular complexity index is 696. The van der Waals surface area contributed by atoms with Gasteiger partial charge in [-0.2, -0.15) is 0 Å². The Morgan fingerprint density at radius 3 is 1.81 bits per heavy atom. The highest BCUT2D eigenvalue weighted by atomic mass is 19.1. The third kappa shape index (κ3) is 11.2. The van der Waals surface area contributed by atoms with Crippen molar-refractivity contribution in [3.8, 4) is 11.4 Å². The van der Waals surface area contributed by atoms with E-state index in [0.717, 1.165) is 36.2 Å². The summed E-state index contributed by atoms with van der Waals surface area (Å²) in [6, 6.07) is 8.67. The molecular weight excluding hydrogens is 395 g/mol. The van der Waals surface area contributed by atoms with Gasteiger partial charge in [-0.1, -0.05) is 109 Å². The van der Waals surface area contributed by atoms with Crippen molar-refractivity contribution in [3.63, 3.8) is 0 Å². The first-order chi connectivity index (χ1) is 15.7. The van der Waals surface area contributed by atoms with Gasteiger partial charge in [-0.25, -0.2) is 14.4 Å². The third-order valence-electron chi connectivity index (χ3n) is 6.35. The van der Waals surface area contributed by atoms with Crippen LogP contribution < -0.4 is 0 Å². The van der Waals surface area contributed by atoms with E-state index in [1.807, 2.05) is 12.4 Å². The van der Waals surface area contributed by atoms with Crippen LogP contribution in [-0.4, -0.2) is 16.1 Å². The first-order valence-electron chi connectivity index (χ1n) is 13.3. The molecule has 0 aliphatic heterocycles. The molecule has 1 aromatic carbocycles. The molecule has 0 saturated heterocycles. The van der Waals surface area contributed by atoms with Crippen molar-refractivity contribution in [3.05, 3.63) is 47.8 Å². The number of benzene rings is 1. The number of hydrogen-bond donors (Lipinski definition) is 0. The lowest BCUT2D eigenvalue weighted by Gasteiger charge is -2.08. The van der Waals surface area contributed by atoms with Crippen molar-refractivity contribution in [2.45, 2.75) is 123 Å². The molecule has 0 aliphatic carbocycles. The second kappa shape index (κ2) is 16.8. The van der Waals surface area contributed by atoms with Crippen molar-refractivity contribution in [1.29, 1.82) is 0 Å². The van der Waals surface area contributed by atoms with Crippen LogP contribution in [0.3, 0.4) is 0 Å². The average molecular weight is 441 g/mol. The van der Waals surface area contributed by atoms with Crippen molar-refractivity contribution >= 4 is 0 Å². The summed E-state index contributed by atoms with van der Waals surface area (Å²) in [4.78, 5) is 9.05. The van der Waals surface area contributed by atoms with Crippen LogP contribution in [0.5, 0.6) is 0 Å². The molecule has 0 amide bonds. The van der Waals surface area contributed by atoms with Gasteiger partial charge in [-0.05, 0) is 43.2 Å². The first kappa shape index (κ1) is 26.5. The normalized spacial score (nSPS) is 12.2. The fraction of sp³-hybridized carbons (Fsp3) is 0.655. The lowest BCUT2D eigenvalue weighted by Crippen LogP contribution is -2.03. The molecule has 0 fully saturated rings. The lowest BCUT2D eigenvalue weighted by atomic mass is 10.0. The molecule has 178 valence electrons. The number of aryl methyl sites for hydroxylation is 2. The Morgan fingerprint density at radius 1 is 0.625 bits per heavy atom. The Balaban J connectivity index is 1.67. The summed E-state index contributed by atoms with van der Waals surface area (Å²) in [5, 5.41) is 0. The molecule has 3 heteroatoms. The molecule has 32 heavy (non-hydrogen) atoms. The van der Waals surface area contributed by atoms with E-state index >= 15 is 0 Å². The molecule has 2 nitrogen and oxygen atoms in total. The van der Waals surface area contributed by atoms with Gasteiger partial charge in [0, 0.05) is 18.0 Å². The van der Waals surface area contributed by atoms with E-state index in [-0.39, 0.29) is 0 Å². The molecule has 0 spiro atoms. The van der Waals surface area contributed by atoms with Gasteiger partial charge in [0.2, 0.25) is 0 Å². The third-order valence-corrected chi connectivity index (χ3v) is 6.35. The zero-order chi connectivity index (χ0) is 22.9. The van der Waals surface area contributed by atoms with Crippen LogP contribution in [-0.2, 0) is 12.8 Å². The molecule has 0 aliphatic rings. The van der Waals surface area contributed by atoms with Crippen molar-refractivity contribution in [2.24, 2.45) is 0 Å². The van der Waals surface area contributed by atoms with Gasteiger partial charge in [0.05, 0.1) is 0 Å². The van der Waals surface area contributed by atoms with Crippen molar-refractivity contribution < 1.29 is 4.39 Å². The number of rotatable bonds is 18. The summed E-state index contributed by atoms with van der Waals surface area (Å²) in [6.07, 6.45) is 21.5. The second-order valence-corrected chi connectivity index (χ2v) is 9.32. The Hall–Kier alpha value is -1.77. The van der Waals surface area contributed by atoms with E-state index in [0.29, 0.717) is 19.3 Å².